The number of halogens is 2. The largest absolute Gasteiger partial charge is 0.466 e. The van der Waals surface area contributed by atoms with Crippen molar-refractivity contribution in [1.29, 1.82) is 0 Å². The maximum absolute atomic E-state index is 11.1. The molecule has 0 atom stereocenters. The van der Waals surface area contributed by atoms with Gasteiger partial charge in [0.05, 0.1) is 6.61 Å². The molecule has 0 aliphatic heterocycles. The summed E-state index contributed by atoms with van der Waals surface area (Å²) >= 11 is 11.9. The van der Waals surface area contributed by atoms with Crippen LogP contribution in [-0.2, 0) is 16.0 Å². The van der Waals surface area contributed by atoms with Crippen molar-refractivity contribution >= 4 is 29.2 Å². The summed E-state index contributed by atoms with van der Waals surface area (Å²) in [6.45, 7) is 4.77. The fraction of sp³-hybridized carbons (Fsp3) is 0.500. The lowest BCUT2D eigenvalue weighted by atomic mass is 10.1. The quantitative estimate of drug-likeness (QED) is 0.660. The predicted octanol–water partition coefficient (Wildman–Crippen LogP) is 3.20. The van der Waals surface area contributed by atoms with Crippen molar-refractivity contribution in [3.63, 3.8) is 0 Å². The normalized spacial score (nSPS) is 10.6. The maximum atomic E-state index is 11.1. The van der Waals surface area contributed by atoms with Crippen molar-refractivity contribution in [3.05, 3.63) is 33.8 Å². The molecule has 20 heavy (non-hydrogen) atoms. The zero-order valence-corrected chi connectivity index (χ0v) is 13.3. The molecule has 0 aliphatic rings. The molecule has 0 unspecified atom stereocenters. The van der Waals surface area contributed by atoms with Gasteiger partial charge in [-0.05, 0) is 44.9 Å². The van der Waals surface area contributed by atoms with E-state index in [1.54, 1.807) is 25.1 Å². The molecule has 1 rings (SSSR count). The van der Waals surface area contributed by atoms with Gasteiger partial charge < -0.3 is 14.9 Å². The molecule has 6 heteroatoms. The number of aliphatic hydroxyl groups is 2. The average molecular weight is 323 g/mol. The highest BCUT2D eigenvalue weighted by molar-refractivity contribution is 6.36. The van der Waals surface area contributed by atoms with Gasteiger partial charge in [0.25, 0.3) is 0 Å². The number of ether oxygens (including phenoxy) is 1. The third kappa shape index (κ3) is 10.0. The van der Waals surface area contributed by atoms with Gasteiger partial charge in [0, 0.05) is 16.5 Å². The zero-order valence-electron chi connectivity index (χ0n) is 11.8. The number of esters is 1. The van der Waals surface area contributed by atoms with E-state index in [-0.39, 0.29) is 5.97 Å². The summed E-state index contributed by atoms with van der Waals surface area (Å²) < 4.78 is 4.82. The maximum Gasteiger partial charge on any atom is 0.306 e. The van der Waals surface area contributed by atoms with Crippen molar-refractivity contribution in [2.75, 3.05) is 6.61 Å². The van der Waals surface area contributed by atoms with E-state index in [0.29, 0.717) is 29.5 Å². The molecule has 1 aromatic carbocycles. The molecule has 0 aliphatic carbocycles. The minimum absolute atomic E-state index is 0.228. The van der Waals surface area contributed by atoms with E-state index >= 15 is 0 Å². The zero-order chi connectivity index (χ0) is 15.8. The Hall–Kier alpha value is -0.810. The molecule has 0 spiro atoms. The van der Waals surface area contributed by atoms with E-state index in [2.05, 4.69) is 0 Å². The highest BCUT2D eigenvalue weighted by Gasteiger charge is 2.08. The molecule has 0 heterocycles. The van der Waals surface area contributed by atoms with Gasteiger partial charge in [0.1, 0.15) is 0 Å². The molecule has 0 aromatic heterocycles. The summed E-state index contributed by atoms with van der Waals surface area (Å²) in [5.74, 6) is -1.73. The second kappa shape index (κ2) is 9.19. The molecule has 0 bridgehead atoms. The van der Waals surface area contributed by atoms with Gasteiger partial charge in [-0.1, -0.05) is 29.3 Å². The first-order valence-electron chi connectivity index (χ1n) is 6.18. The third-order valence-corrected chi connectivity index (χ3v) is 2.65. The van der Waals surface area contributed by atoms with E-state index in [1.165, 1.54) is 13.8 Å². The number of carbonyl (C=O) groups excluding carboxylic acids is 1. The number of hydrogen-bond donors (Lipinski definition) is 2. The van der Waals surface area contributed by atoms with Gasteiger partial charge >= 0.3 is 5.97 Å². The lowest BCUT2D eigenvalue weighted by molar-refractivity contribution is -0.143. The Bertz CT molecular complexity index is 401. The summed E-state index contributed by atoms with van der Waals surface area (Å²) in [4.78, 5) is 11.1. The van der Waals surface area contributed by atoms with Crippen molar-refractivity contribution in [1.82, 2.24) is 0 Å². The van der Waals surface area contributed by atoms with Crippen LogP contribution in [-0.4, -0.2) is 28.6 Å². The monoisotopic (exact) mass is 322 g/mol. The highest BCUT2D eigenvalue weighted by atomic mass is 35.5. The van der Waals surface area contributed by atoms with Crippen LogP contribution in [0.5, 0.6) is 0 Å². The molecular weight excluding hydrogens is 303 g/mol. The van der Waals surface area contributed by atoms with Crippen molar-refractivity contribution in [2.45, 2.75) is 39.4 Å². The highest BCUT2D eigenvalue weighted by Crippen LogP contribution is 2.25. The van der Waals surface area contributed by atoms with Crippen LogP contribution in [0, 0.1) is 0 Å². The van der Waals surface area contributed by atoms with Gasteiger partial charge in [0.2, 0.25) is 0 Å². The van der Waals surface area contributed by atoms with E-state index in [1.807, 2.05) is 0 Å². The Kier molecular flexibility index (Phi) is 8.81. The Morgan fingerprint density at radius 1 is 1.25 bits per heavy atom. The minimum Gasteiger partial charge on any atom is -0.466 e. The van der Waals surface area contributed by atoms with Gasteiger partial charge in [-0.3, -0.25) is 4.79 Å². The van der Waals surface area contributed by atoms with Crippen molar-refractivity contribution in [2.24, 2.45) is 0 Å². The Labute approximate surface area is 129 Å². The van der Waals surface area contributed by atoms with E-state index in [0.717, 1.165) is 5.56 Å². The lowest BCUT2D eigenvalue weighted by Gasteiger charge is -2.06. The first-order valence-corrected chi connectivity index (χ1v) is 6.94. The first-order chi connectivity index (χ1) is 9.15. The number of carbonyl (C=O) groups is 1. The fourth-order valence-electron chi connectivity index (χ4n) is 1.23. The average Bonchev–Trinajstić information content (AvgIpc) is 2.26. The predicted molar refractivity (Wildman–Crippen MR) is 79.9 cm³/mol. The third-order valence-electron chi connectivity index (χ3n) is 1.95. The molecule has 0 saturated heterocycles. The second-order valence-electron chi connectivity index (χ2n) is 4.50. The number of hydrogen-bond acceptors (Lipinski definition) is 4. The van der Waals surface area contributed by atoms with Gasteiger partial charge in [-0.15, -0.1) is 0 Å². The van der Waals surface area contributed by atoms with Crippen LogP contribution in [0.25, 0.3) is 0 Å². The summed E-state index contributed by atoms with van der Waals surface area (Å²) in [7, 11) is 0. The fourth-order valence-corrected chi connectivity index (χ4v) is 1.82. The lowest BCUT2D eigenvalue weighted by Crippen LogP contribution is -2.15. The molecule has 114 valence electrons. The Morgan fingerprint density at radius 3 is 2.10 bits per heavy atom. The topological polar surface area (TPSA) is 66.8 Å². The van der Waals surface area contributed by atoms with E-state index < -0.39 is 5.79 Å². The van der Waals surface area contributed by atoms with Gasteiger partial charge in [-0.25, -0.2) is 0 Å². The standard InChI is InChI=1S/C11H12Cl2O2.C3H8O2/c1-2-15-11(14)7-6-8-9(12)4-3-5-10(8)13;1-3(2,4)5/h3-5H,2,6-7H2,1H3;4-5H,1-2H3. The second-order valence-corrected chi connectivity index (χ2v) is 5.31. The first kappa shape index (κ1) is 19.2. The van der Waals surface area contributed by atoms with Crippen molar-refractivity contribution in [3.8, 4) is 0 Å². The molecule has 4 nitrogen and oxygen atoms in total. The van der Waals surface area contributed by atoms with Crippen LogP contribution < -0.4 is 0 Å². The van der Waals surface area contributed by atoms with Crippen LogP contribution >= 0.6 is 23.2 Å². The van der Waals surface area contributed by atoms with Crippen LogP contribution in [0.3, 0.4) is 0 Å². The summed E-state index contributed by atoms with van der Waals surface area (Å²) in [5.41, 5.74) is 0.800. The van der Waals surface area contributed by atoms with E-state index in [9.17, 15) is 4.79 Å². The number of rotatable bonds is 4. The molecule has 2 N–H and O–H groups in total. The number of benzene rings is 1. The van der Waals surface area contributed by atoms with Crippen LogP contribution in [0.1, 0.15) is 32.8 Å². The van der Waals surface area contributed by atoms with Crippen LogP contribution in [0.15, 0.2) is 18.2 Å². The van der Waals surface area contributed by atoms with Crippen LogP contribution in [0.2, 0.25) is 10.0 Å². The van der Waals surface area contributed by atoms with Crippen LogP contribution in [0.4, 0.5) is 0 Å². The molecule has 0 amide bonds. The summed E-state index contributed by atoms with van der Waals surface area (Å²) in [6.07, 6.45) is 0.814. The summed E-state index contributed by atoms with van der Waals surface area (Å²) in [6, 6.07) is 5.29. The molecule has 1 aromatic rings. The minimum atomic E-state index is -1.50. The Morgan fingerprint density at radius 2 is 1.70 bits per heavy atom. The van der Waals surface area contributed by atoms with Gasteiger partial charge in [0.15, 0.2) is 5.79 Å². The Balaban J connectivity index is 0.000000621. The molecular formula is C14H20Cl2O4. The van der Waals surface area contributed by atoms with Gasteiger partial charge in [-0.2, -0.15) is 0 Å². The SMILES string of the molecule is CC(C)(O)O.CCOC(=O)CCc1c(Cl)cccc1Cl. The van der Waals surface area contributed by atoms with Crippen molar-refractivity contribution < 1.29 is 19.7 Å². The molecule has 0 fully saturated rings. The molecule has 0 radical (unpaired) electrons. The molecule has 0 saturated carbocycles. The summed E-state index contributed by atoms with van der Waals surface area (Å²) in [5, 5.41) is 17.3. The van der Waals surface area contributed by atoms with E-state index in [4.69, 9.17) is 38.2 Å². The smallest absolute Gasteiger partial charge is 0.306 e.